The second-order valence-corrected chi connectivity index (χ2v) is 4.08. The van der Waals surface area contributed by atoms with E-state index in [1.165, 1.54) is 5.56 Å². The lowest BCUT2D eigenvalue weighted by atomic mass is 10.1. The summed E-state index contributed by atoms with van der Waals surface area (Å²) < 4.78 is 0. The molecule has 0 bridgehead atoms. The van der Waals surface area contributed by atoms with Crippen molar-refractivity contribution in [2.45, 2.75) is 32.7 Å². The average molecular weight is 204 g/mol. The van der Waals surface area contributed by atoms with Crippen molar-refractivity contribution in [1.29, 1.82) is 0 Å². The number of hydrogen-bond acceptors (Lipinski definition) is 2. The highest BCUT2D eigenvalue weighted by atomic mass is 16.2. The fourth-order valence-corrected chi connectivity index (χ4v) is 2.27. The van der Waals surface area contributed by atoms with E-state index < -0.39 is 0 Å². The van der Waals surface area contributed by atoms with E-state index in [9.17, 15) is 4.79 Å². The van der Waals surface area contributed by atoms with Crippen LogP contribution in [0.1, 0.15) is 37.1 Å². The second-order valence-electron chi connectivity index (χ2n) is 4.08. The third-order valence-corrected chi connectivity index (χ3v) is 3.02. The van der Waals surface area contributed by atoms with E-state index in [-0.39, 0.29) is 11.9 Å². The lowest BCUT2D eigenvalue weighted by molar-refractivity contribution is -0.129. The number of likely N-dealkylation sites (tertiary alicyclic amines) is 1. The van der Waals surface area contributed by atoms with Crippen LogP contribution in [0.3, 0.4) is 0 Å². The maximum Gasteiger partial charge on any atom is 0.220 e. The zero-order chi connectivity index (χ0) is 10.8. The first-order chi connectivity index (χ1) is 7.20. The molecule has 80 valence electrons. The fourth-order valence-electron chi connectivity index (χ4n) is 2.27. The predicted molar refractivity (Wildman–Crippen MR) is 58.3 cm³/mol. The molecule has 0 unspecified atom stereocenters. The Labute approximate surface area is 90.1 Å². The van der Waals surface area contributed by atoms with Crippen LogP contribution in [0.5, 0.6) is 0 Å². The number of rotatable bonds is 1. The zero-order valence-corrected chi connectivity index (χ0v) is 9.23. The highest BCUT2D eigenvalue weighted by molar-refractivity contribution is 5.74. The van der Waals surface area contributed by atoms with Gasteiger partial charge in [-0.05, 0) is 31.4 Å². The number of aromatic nitrogens is 1. The lowest BCUT2D eigenvalue weighted by Gasteiger charge is -2.23. The molecule has 15 heavy (non-hydrogen) atoms. The molecule has 0 aromatic carbocycles. The second kappa shape index (κ2) is 4.01. The van der Waals surface area contributed by atoms with Gasteiger partial charge < -0.3 is 4.90 Å². The Kier molecular flexibility index (Phi) is 2.71. The zero-order valence-electron chi connectivity index (χ0n) is 9.23. The first kappa shape index (κ1) is 10.1. The Balaban J connectivity index is 2.30. The van der Waals surface area contributed by atoms with Gasteiger partial charge in [0.05, 0.1) is 11.7 Å². The third kappa shape index (κ3) is 1.87. The summed E-state index contributed by atoms with van der Waals surface area (Å²) in [5.41, 5.74) is 2.24. The van der Waals surface area contributed by atoms with E-state index in [4.69, 9.17) is 0 Å². The van der Waals surface area contributed by atoms with Gasteiger partial charge in [0.25, 0.3) is 0 Å². The van der Waals surface area contributed by atoms with Crippen LogP contribution >= 0.6 is 0 Å². The van der Waals surface area contributed by atoms with Crippen molar-refractivity contribution in [2.24, 2.45) is 0 Å². The van der Waals surface area contributed by atoms with Crippen molar-refractivity contribution in [1.82, 2.24) is 9.88 Å². The van der Waals surface area contributed by atoms with Crippen LogP contribution in [-0.2, 0) is 4.79 Å². The van der Waals surface area contributed by atoms with Crippen molar-refractivity contribution in [3.63, 3.8) is 0 Å². The van der Waals surface area contributed by atoms with Crippen molar-refractivity contribution >= 4 is 5.91 Å². The summed E-state index contributed by atoms with van der Waals surface area (Å²) >= 11 is 0. The van der Waals surface area contributed by atoms with Crippen molar-refractivity contribution < 1.29 is 4.79 Å². The molecule has 0 N–H and O–H groups in total. The number of carbonyl (C=O) groups is 1. The summed E-state index contributed by atoms with van der Waals surface area (Å²) in [6, 6.07) is 4.19. The summed E-state index contributed by atoms with van der Waals surface area (Å²) in [4.78, 5) is 17.8. The topological polar surface area (TPSA) is 33.2 Å². The SMILES string of the molecule is CC(=O)N1CCC[C@@H]1c1ncccc1C. The van der Waals surface area contributed by atoms with E-state index in [0.29, 0.717) is 0 Å². The van der Waals surface area contributed by atoms with E-state index >= 15 is 0 Å². The van der Waals surface area contributed by atoms with Gasteiger partial charge in [-0.15, -0.1) is 0 Å². The van der Waals surface area contributed by atoms with Gasteiger partial charge in [0.2, 0.25) is 5.91 Å². The van der Waals surface area contributed by atoms with E-state index in [0.717, 1.165) is 25.1 Å². The molecule has 2 heterocycles. The van der Waals surface area contributed by atoms with Gasteiger partial charge in [-0.3, -0.25) is 9.78 Å². The minimum absolute atomic E-state index is 0.155. The lowest BCUT2D eigenvalue weighted by Crippen LogP contribution is -2.28. The number of aryl methyl sites for hydroxylation is 1. The van der Waals surface area contributed by atoms with Gasteiger partial charge in [0.1, 0.15) is 0 Å². The van der Waals surface area contributed by atoms with Gasteiger partial charge >= 0.3 is 0 Å². The summed E-state index contributed by atoms with van der Waals surface area (Å²) in [6.45, 7) is 4.56. The number of pyridine rings is 1. The van der Waals surface area contributed by atoms with Gasteiger partial charge in [-0.25, -0.2) is 0 Å². The monoisotopic (exact) mass is 204 g/mol. The van der Waals surface area contributed by atoms with Crippen LogP contribution in [0.4, 0.5) is 0 Å². The molecule has 0 spiro atoms. The van der Waals surface area contributed by atoms with Crippen LogP contribution in [0.2, 0.25) is 0 Å². The molecule has 1 aromatic rings. The van der Waals surface area contributed by atoms with Crippen molar-refractivity contribution in [3.05, 3.63) is 29.6 Å². The Morgan fingerprint density at radius 1 is 1.60 bits per heavy atom. The summed E-state index contributed by atoms with van der Waals surface area (Å²) in [5.74, 6) is 0.155. The van der Waals surface area contributed by atoms with Crippen LogP contribution in [-0.4, -0.2) is 22.3 Å². The van der Waals surface area contributed by atoms with Crippen molar-refractivity contribution in [3.8, 4) is 0 Å². The van der Waals surface area contributed by atoms with Gasteiger partial charge in [0.15, 0.2) is 0 Å². The molecule has 1 atom stereocenters. The van der Waals surface area contributed by atoms with E-state index in [1.807, 2.05) is 11.0 Å². The first-order valence-electron chi connectivity index (χ1n) is 5.39. The number of carbonyl (C=O) groups excluding carboxylic acids is 1. The van der Waals surface area contributed by atoms with Crippen LogP contribution in [0, 0.1) is 6.92 Å². The standard InChI is InChI=1S/C12H16N2O/c1-9-5-3-7-13-12(9)11-6-4-8-14(11)10(2)15/h3,5,7,11H,4,6,8H2,1-2H3/t11-/m1/s1. The van der Waals surface area contributed by atoms with Crippen molar-refractivity contribution in [2.75, 3.05) is 6.54 Å². The Bertz CT molecular complexity index is 376. The average Bonchev–Trinajstić information content (AvgIpc) is 2.67. The van der Waals surface area contributed by atoms with Gasteiger partial charge in [0, 0.05) is 19.7 Å². The largest absolute Gasteiger partial charge is 0.334 e. The smallest absolute Gasteiger partial charge is 0.220 e. The minimum Gasteiger partial charge on any atom is -0.334 e. The molecule has 1 aliphatic rings. The maximum absolute atomic E-state index is 11.4. The molecule has 1 fully saturated rings. The molecule has 2 rings (SSSR count). The Morgan fingerprint density at radius 3 is 3.07 bits per heavy atom. The molecule has 0 saturated carbocycles. The highest BCUT2D eigenvalue weighted by Gasteiger charge is 2.29. The normalized spacial score (nSPS) is 20.7. The molecule has 1 aromatic heterocycles. The molecule has 1 saturated heterocycles. The molecule has 1 aliphatic heterocycles. The first-order valence-corrected chi connectivity index (χ1v) is 5.39. The summed E-state index contributed by atoms with van der Waals surface area (Å²) in [5, 5.41) is 0. The van der Waals surface area contributed by atoms with Gasteiger partial charge in [-0.2, -0.15) is 0 Å². The molecule has 0 aliphatic carbocycles. The maximum atomic E-state index is 11.4. The quantitative estimate of drug-likeness (QED) is 0.701. The molecule has 0 radical (unpaired) electrons. The minimum atomic E-state index is 0.155. The predicted octanol–water partition coefficient (Wildman–Crippen LogP) is 2.07. The van der Waals surface area contributed by atoms with Gasteiger partial charge in [-0.1, -0.05) is 6.07 Å². The number of hydrogen-bond donors (Lipinski definition) is 0. The number of amides is 1. The Hall–Kier alpha value is -1.38. The highest BCUT2D eigenvalue weighted by Crippen LogP contribution is 2.31. The fraction of sp³-hybridized carbons (Fsp3) is 0.500. The summed E-state index contributed by atoms with van der Waals surface area (Å²) in [7, 11) is 0. The third-order valence-electron chi connectivity index (χ3n) is 3.02. The molecule has 1 amide bonds. The molecule has 3 nitrogen and oxygen atoms in total. The molecular weight excluding hydrogens is 188 g/mol. The number of nitrogens with zero attached hydrogens (tertiary/aromatic N) is 2. The van der Waals surface area contributed by atoms with E-state index in [2.05, 4.69) is 18.0 Å². The van der Waals surface area contributed by atoms with Crippen LogP contribution < -0.4 is 0 Å². The molecular formula is C12H16N2O. The van der Waals surface area contributed by atoms with Crippen LogP contribution in [0.25, 0.3) is 0 Å². The molecule has 3 heteroatoms. The Morgan fingerprint density at radius 2 is 2.40 bits per heavy atom. The van der Waals surface area contributed by atoms with E-state index in [1.54, 1.807) is 13.1 Å². The van der Waals surface area contributed by atoms with Crippen LogP contribution in [0.15, 0.2) is 18.3 Å². The summed E-state index contributed by atoms with van der Waals surface area (Å²) in [6.07, 6.45) is 3.93.